The zero-order valence-electron chi connectivity index (χ0n) is 10.6. The minimum Gasteiger partial charge on any atom is -0.346 e. The molecule has 19 heavy (non-hydrogen) atoms. The standard InChI is InChI=1S/C14H16BrN3S/c15-13-3-1-2-12(10-13)11-17-5-7-18(8-6-17)14-16-4-9-19-14/h1-4,9-10H,5-8,11H2. The van der Waals surface area contributed by atoms with Crippen LogP contribution in [-0.2, 0) is 6.54 Å². The molecule has 0 saturated carbocycles. The van der Waals surface area contributed by atoms with Gasteiger partial charge in [0.25, 0.3) is 0 Å². The van der Waals surface area contributed by atoms with Gasteiger partial charge in [0.2, 0.25) is 0 Å². The monoisotopic (exact) mass is 337 g/mol. The molecule has 3 rings (SSSR count). The third-order valence-electron chi connectivity index (χ3n) is 3.36. The van der Waals surface area contributed by atoms with Gasteiger partial charge in [-0.25, -0.2) is 4.98 Å². The molecule has 2 aromatic rings. The molecule has 0 radical (unpaired) electrons. The quantitative estimate of drug-likeness (QED) is 0.857. The summed E-state index contributed by atoms with van der Waals surface area (Å²) < 4.78 is 1.16. The minimum absolute atomic E-state index is 1.03. The molecule has 100 valence electrons. The first-order valence-electron chi connectivity index (χ1n) is 6.42. The molecule has 1 saturated heterocycles. The Morgan fingerprint density at radius 1 is 1.21 bits per heavy atom. The van der Waals surface area contributed by atoms with E-state index < -0.39 is 0 Å². The summed E-state index contributed by atoms with van der Waals surface area (Å²) in [5, 5.41) is 3.20. The summed E-state index contributed by atoms with van der Waals surface area (Å²) in [6, 6.07) is 8.57. The van der Waals surface area contributed by atoms with Crippen molar-refractivity contribution >= 4 is 32.4 Å². The lowest BCUT2D eigenvalue weighted by Gasteiger charge is -2.34. The fourth-order valence-electron chi connectivity index (χ4n) is 2.36. The molecule has 1 aromatic heterocycles. The van der Waals surface area contributed by atoms with Crippen LogP contribution in [0.3, 0.4) is 0 Å². The van der Waals surface area contributed by atoms with Crippen molar-refractivity contribution in [2.24, 2.45) is 0 Å². The molecule has 2 heterocycles. The number of halogens is 1. The van der Waals surface area contributed by atoms with Crippen molar-refractivity contribution in [1.82, 2.24) is 9.88 Å². The van der Waals surface area contributed by atoms with E-state index >= 15 is 0 Å². The molecule has 3 nitrogen and oxygen atoms in total. The lowest BCUT2D eigenvalue weighted by Crippen LogP contribution is -2.45. The van der Waals surface area contributed by atoms with Crippen molar-refractivity contribution in [2.45, 2.75) is 6.54 Å². The number of thiazole rings is 1. The highest BCUT2D eigenvalue weighted by atomic mass is 79.9. The number of rotatable bonds is 3. The Morgan fingerprint density at radius 3 is 2.74 bits per heavy atom. The van der Waals surface area contributed by atoms with E-state index in [2.05, 4.69) is 55.0 Å². The summed E-state index contributed by atoms with van der Waals surface area (Å²) in [7, 11) is 0. The summed E-state index contributed by atoms with van der Waals surface area (Å²) in [5.74, 6) is 0. The highest BCUT2D eigenvalue weighted by Gasteiger charge is 2.18. The summed E-state index contributed by atoms with van der Waals surface area (Å²) in [4.78, 5) is 9.26. The van der Waals surface area contributed by atoms with Crippen molar-refractivity contribution in [3.8, 4) is 0 Å². The molecule has 5 heteroatoms. The topological polar surface area (TPSA) is 19.4 Å². The normalized spacial score (nSPS) is 16.8. The average molecular weight is 338 g/mol. The van der Waals surface area contributed by atoms with Crippen molar-refractivity contribution in [3.63, 3.8) is 0 Å². The number of hydrogen-bond acceptors (Lipinski definition) is 4. The number of benzene rings is 1. The Hall–Kier alpha value is -0.910. The molecular formula is C14H16BrN3S. The van der Waals surface area contributed by atoms with Gasteiger partial charge < -0.3 is 4.90 Å². The molecule has 0 amide bonds. The van der Waals surface area contributed by atoms with Gasteiger partial charge >= 0.3 is 0 Å². The Labute approximate surface area is 126 Å². The van der Waals surface area contributed by atoms with Crippen LogP contribution in [-0.4, -0.2) is 36.1 Å². The summed E-state index contributed by atoms with van der Waals surface area (Å²) in [6.07, 6.45) is 1.88. The second kappa shape index (κ2) is 6.03. The van der Waals surface area contributed by atoms with Gasteiger partial charge in [0.1, 0.15) is 0 Å². The molecule has 1 aliphatic rings. The Kier molecular flexibility index (Phi) is 4.15. The van der Waals surface area contributed by atoms with Gasteiger partial charge in [-0.15, -0.1) is 11.3 Å². The van der Waals surface area contributed by atoms with E-state index in [0.29, 0.717) is 0 Å². The van der Waals surface area contributed by atoms with E-state index in [1.165, 1.54) is 5.56 Å². The highest BCUT2D eigenvalue weighted by Crippen LogP contribution is 2.20. The first kappa shape index (κ1) is 13.1. The lowest BCUT2D eigenvalue weighted by atomic mass is 10.2. The van der Waals surface area contributed by atoms with Crippen LogP contribution in [0.25, 0.3) is 0 Å². The zero-order chi connectivity index (χ0) is 13.1. The molecule has 0 aliphatic carbocycles. The smallest absolute Gasteiger partial charge is 0.185 e. The number of hydrogen-bond donors (Lipinski definition) is 0. The summed E-state index contributed by atoms with van der Waals surface area (Å²) >= 11 is 5.26. The second-order valence-corrected chi connectivity index (χ2v) is 6.50. The maximum absolute atomic E-state index is 4.38. The fourth-order valence-corrected chi connectivity index (χ4v) is 3.51. The molecule has 1 fully saturated rings. The van der Waals surface area contributed by atoms with Gasteiger partial charge in [0.05, 0.1) is 0 Å². The van der Waals surface area contributed by atoms with Crippen LogP contribution in [0.5, 0.6) is 0 Å². The van der Waals surface area contributed by atoms with Gasteiger partial charge in [0, 0.05) is 48.8 Å². The molecule has 0 N–H and O–H groups in total. The highest BCUT2D eigenvalue weighted by molar-refractivity contribution is 9.10. The van der Waals surface area contributed by atoms with Crippen LogP contribution in [0.2, 0.25) is 0 Å². The van der Waals surface area contributed by atoms with Crippen molar-refractivity contribution in [3.05, 3.63) is 45.9 Å². The van der Waals surface area contributed by atoms with Crippen LogP contribution in [0.4, 0.5) is 5.13 Å². The van der Waals surface area contributed by atoms with E-state index in [-0.39, 0.29) is 0 Å². The van der Waals surface area contributed by atoms with Crippen molar-refractivity contribution in [2.75, 3.05) is 31.1 Å². The van der Waals surface area contributed by atoms with E-state index in [1.54, 1.807) is 11.3 Å². The van der Waals surface area contributed by atoms with Crippen LogP contribution < -0.4 is 4.90 Å². The minimum atomic E-state index is 1.03. The molecule has 1 aromatic carbocycles. The van der Waals surface area contributed by atoms with Crippen molar-refractivity contribution in [1.29, 1.82) is 0 Å². The number of anilines is 1. The maximum atomic E-state index is 4.38. The molecule has 0 unspecified atom stereocenters. The predicted molar refractivity (Wildman–Crippen MR) is 83.7 cm³/mol. The molecular weight excluding hydrogens is 322 g/mol. The fraction of sp³-hybridized carbons (Fsp3) is 0.357. The third-order valence-corrected chi connectivity index (χ3v) is 4.68. The van der Waals surface area contributed by atoms with E-state index in [1.807, 2.05) is 11.6 Å². The van der Waals surface area contributed by atoms with Gasteiger partial charge in [-0.05, 0) is 17.7 Å². The zero-order valence-corrected chi connectivity index (χ0v) is 13.0. The van der Waals surface area contributed by atoms with E-state index in [4.69, 9.17) is 0 Å². The van der Waals surface area contributed by atoms with Crippen LogP contribution in [0.1, 0.15) is 5.56 Å². The first-order valence-corrected chi connectivity index (χ1v) is 8.10. The Morgan fingerprint density at radius 2 is 2.05 bits per heavy atom. The van der Waals surface area contributed by atoms with Crippen LogP contribution in [0.15, 0.2) is 40.3 Å². The molecule has 1 aliphatic heterocycles. The number of piperazine rings is 1. The van der Waals surface area contributed by atoms with E-state index in [0.717, 1.165) is 42.3 Å². The number of nitrogens with zero attached hydrogens (tertiary/aromatic N) is 3. The van der Waals surface area contributed by atoms with Gasteiger partial charge in [0.15, 0.2) is 5.13 Å². The number of aromatic nitrogens is 1. The summed E-state index contributed by atoms with van der Waals surface area (Å²) in [5.41, 5.74) is 1.37. The van der Waals surface area contributed by atoms with Crippen LogP contribution >= 0.6 is 27.3 Å². The second-order valence-electron chi connectivity index (χ2n) is 4.71. The predicted octanol–water partition coefficient (Wildman–Crippen LogP) is 3.23. The maximum Gasteiger partial charge on any atom is 0.185 e. The van der Waals surface area contributed by atoms with Gasteiger partial charge in [-0.3, -0.25) is 4.90 Å². The van der Waals surface area contributed by atoms with Gasteiger partial charge in [-0.1, -0.05) is 28.1 Å². The van der Waals surface area contributed by atoms with Crippen molar-refractivity contribution < 1.29 is 0 Å². The third kappa shape index (κ3) is 3.35. The SMILES string of the molecule is Brc1cccc(CN2CCN(c3nccs3)CC2)c1. The lowest BCUT2D eigenvalue weighted by molar-refractivity contribution is 0.250. The van der Waals surface area contributed by atoms with Crippen LogP contribution in [0, 0.1) is 0 Å². The summed E-state index contributed by atoms with van der Waals surface area (Å²) in [6.45, 7) is 5.38. The van der Waals surface area contributed by atoms with E-state index in [9.17, 15) is 0 Å². The molecule has 0 atom stereocenters. The molecule has 0 spiro atoms. The van der Waals surface area contributed by atoms with Gasteiger partial charge in [-0.2, -0.15) is 0 Å². The average Bonchev–Trinajstić information content (AvgIpc) is 2.94. The molecule has 0 bridgehead atoms. The Bertz CT molecular complexity index is 521. The Balaban J connectivity index is 1.56. The first-order chi connectivity index (χ1) is 9.31. The largest absolute Gasteiger partial charge is 0.346 e.